The number of benzene rings is 1. The molecule has 0 saturated carbocycles. The summed E-state index contributed by atoms with van der Waals surface area (Å²) < 4.78 is 12.3. The fraction of sp³-hybridized carbons (Fsp3) is 0.304. The molecule has 0 radical (unpaired) electrons. The zero-order valence-electron chi connectivity index (χ0n) is 18.0. The van der Waals surface area contributed by atoms with Gasteiger partial charge in [0.25, 0.3) is 5.91 Å². The Hall–Kier alpha value is -3.88. The first-order valence-electron chi connectivity index (χ1n) is 10.3. The lowest BCUT2D eigenvalue weighted by Gasteiger charge is -2.13. The molecule has 1 aliphatic heterocycles. The number of fused-ring (bicyclic) bond motifs is 1. The van der Waals surface area contributed by atoms with Crippen molar-refractivity contribution in [1.82, 2.24) is 25.4 Å². The molecule has 3 heterocycles. The Balaban J connectivity index is 1.34. The summed E-state index contributed by atoms with van der Waals surface area (Å²) in [5.74, 6) is 0.967. The summed E-state index contributed by atoms with van der Waals surface area (Å²) in [6, 6.07) is 8.99. The molecule has 1 aliphatic rings. The standard InChI is InChI=1S/C23H25N5O4/c1-31-18-6-16(7-19(10-18)32-2)8-22(29)27-17-9-21-20(13-26-28(21)14-17)23(30)25-12-15-4-3-5-24-11-15/h3-7,10-11,13,17H,8-9,12,14H2,1-2H3,(H,25,30)(H,27,29)/t17-/m0/s1. The third kappa shape index (κ3) is 4.88. The number of methoxy groups -OCH3 is 2. The first-order valence-corrected chi connectivity index (χ1v) is 10.3. The van der Waals surface area contributed by atoms with Crippen LogP contribution in [0.25, 0.3) is 0 Å². The molecule has 32 heavy (non-hydrogen) atoms. The molecule has 0 bridgehead atoms. The van der Waals surface area contributed by atoms with Crippen LogP contribution in [-0.4, -0.2) is 46.8 Å². The number of carbonyl (C=O) groups is 2. The summed E-state index contributed by atoms with van der Waals surface area (Å²) in [6.45, 7) is 0.917. The van der Waals surface area contributed by atoms with Crippen LogP contribution in [0.5, 0.6) is 11.5 Å². The van der Waals surface area contributed by atoms with Gasteiger partial charge in [-0.2, -0.15) is 5.10 Å². The van der Waals surface area contributed by atoms with E-state index in [9.17, 15) is 9.59 Å². The van der Waals surface area contributed by atoms with Crippen molar-refractivity contribution in [2.45, 2.75) is 32.0 Å². The van der Waals surface area contributed by atoms with E-state index in [0.717, 1.165) is 16.8 Å². The van der Waals surface area contributed by atoms with E-state index in [2.05, 4.69) is 20.7 Å². The van der Waals surface area contributed by atoms with Gasteiger partial charge < -0.3 is 20.1 Å². The topological polar surface area (TPSA) is 107 Å². The fourth-order valence-corrected chi connectivity index (χ4v) is 3.79. The average Bonchev–Trinajstić information content (AvgIpc) is 3.37. The molecule has 2 N–H and O–H groups in total. The molecule has 2 aromatic heterocycles. The van der Waals surface area contributed by atoms with E-state index >= 15 is 0 Å². The molecule has 2 amide bonds. The van der Waals surface area contributed by atoms with Crippen molar-refractivity contribution < 1.29 is 19.1 Å². The van der Waals surface area contributed by atoms with Crippen LogP contribution in [0.15, 0.2) is 48.9 Å². The number of nitrogens with one attached hydrogen (secondary N) is 2. The second-order valence-corrected chi connectivity index (χ2v) is 7.60. The van der Waals surface area contributed by atoms with E-state index in [-0.39, 0.29) is 24.3 Å². The van der Waals surface area contributed by atoms with Crippen LogP contribution in [0, 0.1) is 0 Å². The van der Waals surface area contributed by atoms with Crippen LogP contribution in [0.1, 0.15) is 27.2 Å². The quantitative estimate of drug-likeness (QED) is 0.555. The van der Waals surface area contributed by atoms with Gasteiger partial charge in [0, 0.05) is 31.4 Å². The van der Waals surface area contributed by atoms with Crippen molar-refractivity contribution in [3.8, 4) is 11.5 Å². The van der Waals surface area contributed by atoms with Gasteiger partial charge in [-0.05, 0) is 29.3 Å². The normalized spacial score (nSPS) is 14.5. The molecule has 166 valence electrons. The van der Waals surface area contributed by atoms with Gasteiger partial charge in [-0.3, -0.25) is 19.3 Å². The largest absolute Gasteiger partial charge is 0.497 e. The smallest absolute Gasteiger partial charge is 0.255 e. The minimum absolute atomic E-state index is 0.112. The minimum atomic E-state index is -0.189. The molecule has 9 heteroatoms. The van der Waals surface area contributed by atoms with Crippen molar-refractivity contribution in [2.24, 2.45) is 0 Å². The minimum Gasteiger partial charge on any atom is -0.497 e. The van der Waals surface area contributed by atoms with Crippen LogP contribution >= 0.6 is 0 Å². The maximum Gasteiger partial charge on any atom is 0.255 e. The van der Waals surface area contributed by atoms with Gasteiger partial charge >= 0.3 is 0 Å². The lowest BCUT2D eigenvalue weighted by Crippen LogP contribution is -2.37. The summed E-state index contributed by atoms with van der Waals surface area (Å²) >= 11 is 0. The number of amides is 2. The summed E-state index contributed by atoms with van der Waals surface area (Å²) in [5, 5.41) is 10.3. The van der Waals surface area contributed by atoms with E-state index < -0.39 is 0 Å². The van der Waals surface area contributed by atoms with E-state index in [0.29, 0.717) is 36.6 Å². The van der Waals surface area contributed by atoms with Crippen molar-refractivity contribution in [3.05, 3.63) is 71.3 Å². The Labute approximate surface area is 185 Å². The van der Waals surface area contributed by atoms with E-state index in [1.54, 1.807) is 43.6 Å². The number of carbonyl (C=O) groups excluding carboxylic acids is 2. The van der Waals surface area contributed by atoms with Crippen LogP contribution in [-0.2, 0) is 30.7 Å². The summed E-state index contributed by atoms with van der Waals surface area (Å²) in [5.41, 5.74) is 3.07. The molecular formula is C23H25N5O4. The van der Waals surface area contributed by atoms with Crippen molar-refractivity contribution in [1.29, 1.82) is 0 Å². The highest BCUT2D eigenvalue weighted by molar-refractivity contribution is 5.95. The number of aromatic nitrogens is 3. The lowest BCUT2D eigenvalue weighted by atomic mass is 10.1. The summed E-state index contributed by atoms with van der Waals surface area (Å²) in [7, 11) is 3.14. The van der Waals surface area contributed by atoms with Crippen LogP contribution in [0.4, 0.5) is 0 Å². The van der Waals surface area contributed by atoms with Crippen LogP contribution in [0.2, 0.25) is 0 Å². The van der Waals surface area contributed by atoms with Gasteiger partial charge in [0.2, 0.25) is 5.91 Å². The number of hydrogen-bond acceptors (Lipinski definition) is 6. The molecule has 0 saturated heterocycles. The third-order valence-electron chi connectivity index (χ3n) is 5.34. The summed E-state index contributed by atoms with van der Waals surface area (Å²) in [6.07, 6.45) is 5.73. The van der Waals surface area contributed by atoms with Gasteiger partial charge in [-0.25, -0.2) is 0 Å². The van der Waals surface area contributed by atoms with Crippen molar-refractivity contribution in [2.75, 3.05) is 14.2 Å². The Morgan fingerprint density at radius 2 is 1.91 bits per heavy atom. The number of pyridine rings is 1. The Kier molecular flexibility index (Phi) is 6.34. The molecule has 1 aromatic carbocycles. The molecule has 0 spiro atoms. The molecule has 0 aliphatic carbocycles. The molecule has 4 rings (SSSR count). The van der Waals surface area contributed by atoms with Crippen molar-refractivity contribution in [3.63, 3.8) is 0 Å². The van der Waals surface area contributed by atoms with Gasteiger partial charge in [-0.1, -0.05) is 6.07 Å². The van der Waals surface area contributed by atoms with Gasteiger partial charge in [-0.15, -0.1) is 0 Å². The van der Waals surface area contributed by atoms with E-state index in [1.165, 1.54) is 0 Å². The first-order chi connectivity index (χ1) is 15.6. The van der Waals surface area contributed by atoms with Gasteiger partial charge in [0.05, 0.1) is 50.7 Å². The third-order valence-corrected chi connectivity index (χ3v) is 5.34. The predicted molar refractivity (Wildman–Crippen MR) is 117 cm³/mol. The maximum absolute atomic E-state index is 12.6. The monoisotopic (exact) mass is 435 g/mol. The van der Waals surface area contributed by atoms with E-state index in [1.807, 2.05) is 24.3 Å². The summed E-state index contributed by atoms with van der Waals surface area (Å²) in [4.78, 5) is 29.3. The number of ether oxygens (including phenoxy) is 2. The maximum atomic E-state index is 12.6. The predicted octanol–water partition coefficient (Wildman–Crippen LogP) is 1.51. The Morgan fingerprint density at radius 3 is 2.59 bits per heavy atom. The highest BCUT2D eigenvalue weighted by Crippen LogP contribution is 2.23. The Morgan fingerprint density at radius 1 is 1.12 bits per heavy atom. The molecular weight excluding hydrogens is 410 g/mol. The van der Waals surface area contributed by atoms with Gasteiger partial charge in [0.1, 0.15) is 11.5 Å². The number of hydrogen-bond donors (Lipinski definition) is 2. The zero-order chi connectivity index (χ0) is 22.5. The highest BCUT2D eigenvalue weighted by Gasteiger charge is 2.28. The highest BCUT2D eigenvalue weighted by atomic mass is 16.5. The number of nitrogens with zero attached hydrogens (tertiary/aromatic N) is 3. The second-order valence-electron chi connectivity index (χ2n) is 7.60. The molecule has 3 aromatic rings. The first kappa shape index (κ1) is 21.4. The Bertz CT molecular complexity index is 1090. The van der Waals surface area contributed by atoms with Crippen LogP contribution < -0.4 is 20.1 Å². The van der Waals surface area contributed by atoms with Crippen molar-refractivity contribution >= 4 is 11.8 Å². The molecule has 1 atom stereocenters. The zero-order valence-corrected chi connectivity index (χ0v) is 18.0. The fourth-order valence-electron chi connectivity index (χ4n) is 3.79. The molecule has 0 unspecified atom stereocenters. The van der Waals surface area contributed by atoms with E-state index in [4.69, 9.17) is 9.47 Å². The SMILES string of the molecule is COc1cc(CC(=O)N[C@H]2Cc3c(C(=O)NCc4cccnc4)cnn3C2)cc(OC)c1. The average molecular weight is 435 g/mol. The van der Waals surface area contributed by atoms with Gasteiger partial charge in [0.15, 0.2) is 0 Å². The lowest BCUT2D eigenvalue weighted by molar-refractivity contribution is -0.121. The number of rotatable bonds is 8. The molecule has 9 nitrogen and oxygen atoms in total. The second kappa shape index (κ2) is 9.51. The molecule has 0 fully saturated rings. The van der Waals surface area contributed by atoms with Crippen LogP contribution in [0.3, 0.4) is 0 Å².